The Morgan fingerprint density at radius 1 is 1.21 bits per heavy atom. The molecule has 0 saturated heterocycles. The zero-order chi connectivity index (χ0) is 10.7. The molecule has 1 nitrogen and oxygen atoms in total. The van der Waals surface area contributed by atoms with Crippen LogP contribution in [0.15, 0.2) is 12.1 Å². The molecule has 0 saturated carbocycles. The van der Waals surface area contributed by atoms with Crippen molar-refractivity contribution in [1.29, 1.82) is 0 Å². The molecule has 0 spiro atoms. The van der Waals surface area contributed by atoms with Gasteiger partial charge in [-0.3, -0.25) is 0 Å². The lowest BCUT2D eigenvalue weighted by molar-refractivity contribution is 0.598. The first-order valence-corrected chi connectivity index (χ1v) is 5.58. The summed E-state index contributed by atoms with van der Waals surface area (Å²) in [5, 5.41) is 4.71. The lowest BCUT2D eigenvalue weighted by atomic mass is 10.1. The SMILES string of the molecule is CCNC(C)c1ccc(Cl)c(Cl)c1Cl. The summed E-state index contributed by atoms with van der Waals surface area (Å²) in [4.78, 5) is 0. The van der Waals surface area contributed by atoms with Gasteiger partial charge in [0.2, 0.25) is 0 Å². The molecule has 0 radical (unpaired) electrons. The maximum atomic E-state index is 6.07. The normalized spacial score (nSPS) is 12.9. The number of hydrogen-bond acceptors (Lipinski definition) is 1. The van der Waals surface area contributed by atoms with Gasteiger partial charge >= 0.3 is 0 Å². The predicted octanol–water partition coefficient (Wildman–Crippen LogP) is 4.32. The quantitative estimate of drug-likeness (QED) is 0.790. The molecule has 78 valence electrons. The summed E-state index contributed by atoms with van der Waals surface area (Å²) >= 11 is 17.8. The van der Waals surface area contributed by atoms with Gasteiger partial charge in [0.15, 0.2) is 0 Å². The minimum absolute atomic E-state index is 0.183. The fourth-order valence-corrected chi connectivity index (χ4v) is 2.00. The van der Waals surface area contributed by atoms with E-state index in [0.717, 1.165) is 12.1 Å². The van der Waals surface area contributed by atoms with E-state index in [2.05, 4.69) is 5.32 Å². The van der Waals surface area contributed by atoms with Crippen molar-refractivity contribution in [2.75, 3.05) is 6.54 Å². The molecule has 1 aromatic rings. The van der Waals surface area contributed by atoms with Crippen molar-refractivity contribution in [2.24, 2.45) is 0 Å². The van der Waals surface area contributed by atoms with Gasteiger partial charge < -0.3 is 5.32 Å². The van der Waals surface area contributed by atoms with E-state index in [1.54, 1.807) is 6.07 Å². The Labute approximate surface area is 99.4 Å². The van der Waals surface area contributed by atoms with Gasteiger partial charge in [0, 0.05) is 6.04 Å². The van der Waals surface area contributed by atoms with Gasteiger partial charge in [-0.25, -0.2) is 0 Å². The van der Waals surface area contributed by atoms with E-state index in [9.17, 15) is 0 Å². The molecule has 0 aliphatic carbocycles. The summed E-state index contributed by atoms with van der Waals surface area (Å²) in [5.74, 6) is 0. The minimum atomic E-state index is 0.183. The summed E-state index contributed by atoms with van der Waals surface area (Å²) in [6.45, 7) is 4.97. The zero-order valence-corrected chi connectivity index (χ0v) is 10.3. The highest BCUT2D eigenvalue weighted by Crippen LogP contribution is 2.35. The largest absolute Gasteiger partial charge is 0.310 e. The molecule has 0 amide bonds. The van der Waals surface area contributed by atoms with E-state index in [1.165, 1.54) is 0 Å². The van der Waals surface area contributed by atoms with Gasteiger partial charge in [0.1, 0.15) is 0 Å². The molecule has 0 aromatic heterocycles. The van der Waals surface area contributed by atoms with Crippen LogP contribution in [0, 0.1) is 0 Å². The van der Waals surface area contributed by atoms with Crippen LogP contribution in [0.5, 0.6) is 0 Å². The molecule has 1 unspecified atom stereocenters. The third kappa shape index (κ3) is 2.54. The molecule has 0 aliphatic heterocycles. The van der Waals surface area contributed by atoms with Gasteiger partial charge in [0.25, 0.3) is 0 Å². The van der Waals surface area contributed by atoms with Crippen LogP contribution < -0.4 is 5.32 Å². The van der Waals surface area contributed by atoms with Gasteiger partial charge in [-0.2, -0.15) is 0 Å². The second-order valence-corrected chi connectivity index (χ2v) is 4.21. The topological polar surface area (TPSA) is 12.0 Å². The second kappa shape index (κ2) is 5.22. The number of rotatable bonds is 3. The van der Waals surface area contributed by atoms with E-state index in [-0.39, 0.29) is 6.04 Å². The average molecular weight is 253 g/mol. The van der Waals surface area contributed by atoms with Crippen molar-refractivity contribution < 1.29 is 0 Å². The van der Waals surface area contributed by atoms with Gasteiger partial charge in [0.05, 0.1) is 15.1 Å². The Morgan fingerprint density at radius 2 is 1.86 bits per heavy atom. The highest BCUT2D eigenvalue weighted by molar-refractivity contribution is 6.48. The van der Waals surface area contributed by atoms with Crippen molar-refractivity contribution in [3.8, 4) is 0 Å². The molecular formula is C10H12Cl3N. The Balaban J connectivity index is 3.04. The van der Waals surface area contributed by atoms with Crippen molar-refractivity contribution in [3.05, 3.63) is 32.8 Å². The Hall–Kier alpha value is 0.0500. The summed E-state index contributed by atoms with van der Waals surface area (Å²) in [6.07, 6.45) is 0. The lowest BCUT2D eigenvalue weighted by Gasteiger charge is -2.15. The van der Waals surface area contributed by atoms with Crippen LogP contribution in [0.4, 0.5) is 0 Å². The van der Waals surface area contributed by atoms with Crippen molar-refractivity contribution in [1.82, 2.24) is 5.32 Å². The summed E-state index contributed by atoms with van der Waals surface area (Å²) in [5.41, 5.74) is 0.975. The molecule has 0 aliphatic rings. The highest BCUT2D eigenvalue weighted by atomic mass is 35.5. The smallest absolute Gasteiger partial charge is 0.0781 e. The predicted molar refractivity (Wildman–Crippen MR) is 63.6 cm³/mol. The van der Waals surface area contributed by atoms with E-state index < -0.39 is 0 Å². The monoisotopic (exact) mass is 251 g/mol. The molecule has 0 fully saturated rings. The maximum absolute atomic E-state index is 6.07. The average Bonchev–Trinajstić information content (AvgIpc) is 2.15. The summed E-state index contributed by atoms with van der Waals surface area (Å²) in [6, 6.07) is 3.84. The van der Waals surface area contributed by atoms with Crippen LogP contribution in [0.25, 0.3) is 0 Å². The first-order valence-electron chi connectivity index (χ1n) is 4.44. The maximum Gasteiger partial charge on any atom is 0.0781 e. The summed E-state index contributed by atoms with van der Waals surface area (Å²) in [7, 11) is 0. The highest BCUT2D eigenvalue weighted by Gasteiger charge is 2.12. The number of halogens is 3. The van der Waals surface area contributed by atoms with Gasteiger partial charge in [-0.05, 0) is 25.1 Å². The van der Waals surface area contributed by atoms with Gasteiger partial charge in [-0.15, -0.1) is 0 Å². The van der Waals surface area contributed by atoms with Gasteiger partial charge in [-0.1, -0.05) is 47.8 Å². The minimum Gasteiger partial charge on any atom is -0.310 e. The van der Waals surface area contributed by atoms with Crippen LogP contribution >= 0.6 is 34.8 Å². The second-order valence-electron chi connectivity index (χ2n) is 3.04. The van der Waals surface area contributed by atoms with Crippen molar-refractivity contribution in [2.45, 2.75) is 19.9 Å². The van der Waals surface area contributed by atoms with Crippen LogP contribution in [0.1, 0.15) is 25.5 Å². The van der Waals surface area contributed by atoms with Crippen LogP contribution in [-0.2, 0) is 0 Å². The third-order valence-corrected chi connectivity index (χ3v) is 3.35. The molecule has 0 bridgehead atoms. The van der Waals surface area contributed by atoms with E-state index in [4.69, 9.17) is 34.8 Å². The Bertz CT molecular complexity index is 325. The molecule has 1 aromatic carbocycles. The molecule has 1 rings (SSSR count). The fraction of sp³-hybridized carbons (Fsp3) is 0.400. The van der Waals surface area contributed by atoms with E-state index in [0.29, 0.717) is 15.1 Å². The fourth-order valence-electron chi connectivity index (χ4n) is 1.29. The molecule has 4 heteroatoms. The standard InChI is InChI=1S/C10H12Cl3N/c1-3-14-6(2)7-4-5-8(11)10(13)9(7)12/h4-6,14H,3H2,1-2H3. The Kier molecular flexibility index (Phi) is 4.52. The number of nitrogens with one attached hydrogen (secondary N) is 1. The summed E-state index contributed by atoms with van der Waals surface area (Å²) < 4.78 is 0. The van der Waals surface area contributed by atoms with Crippen LogP contribution in [0.3, 0.4) is 0 Å². The number of hydrogen-bond donors (Lipinski definition) is 1. The number of benzene rings is 1. The van der Waals surface area contributed by atoms with Crippen molar-refractivity contribution >= 4 is 34.8 Å². The molecular weight excluding hydrogens is 240 g/mol. The molecule has 1 N–H and O–H groups in total. The van der Waals surface area contributed by atoms with Crippen LogP contribution in [-0.4, -0.2) is 6.54 Å². The first-order chi connectivity index (χ1) is 6.57. The van der Waals surface area contributed by atoms with E-state index in [1.807, 2.05) is 19.9 Å². The molecule has 0 heterocycles. The van der Waals surface area contributed by atoms with Crippen molar-refractivity contribution in [3.63, 3.8) is 0 Å². The molecule has 14 heavy (non-hydrogen) atoms. The Morgan fingerprint density at radius 3 is 2.43 bits per heavy atom. The molecule has 1 atom stereocenters. The van der Waals surface area contributed by atoms with Crippen LogP contribution in [0.2, 0.25) is 15.1 Å². The lowest BCUT2D eigenvalue weighted by Crippen LogP contribution is -2.18. The first kappa shape index (κ1) is 12.1. The third-order valence-electron chi connectivity index (χ3n) is 2.04. The van der Waals surface area contributed by atoms with E-state index >= 15 is 0 Å². The zero-order valence-electron chi connectivity index (χ0n) is 8.07.